The summed E-state index contributed by atoms with van der Waals surface area (Å²) in [6.07, 6.45) is 2.05. The largest absolute Gasteiger partial charge is 0.339 e. The van der Waals surface area contributed by atoms with Gasteiger partial charge in [0.1, 0.15) is 0 Å². The maximum Gasteiger partial charge on any atom is 0.240 e. The molecule has 2 rings (SSSR count). The number of carbonyl (C=O) groups excluding carboxylic acids is 2. The number of hydrogen-bond donors (Lipinski definition) is 3. The number of carbonyl (C=O) groups is 2. The van der Waals surface area contributed by atoms with Gasteiger partial charge >= 0.3 is 0 Å². The Morgan fingerprint density at radius 1 is 1.39 bits per heavy atom. The van der Waals surface area contributed by atoms with Crippen LogP contribution in [0.5, 0.6) is 0 Å². The second kappa shape index (κ2) is 10.8. The molecular weight excluding hydrogens is 404 g/mol. The lowest BCUT2D eigenvalue weighted by molar-refractivity contribution is -0.129. The number of likely N-dealkylation sites (tertiary alicyclic amines) is 1. The van der Waals surface area contributed by atoms with Crippen LogP contribution in [0.1, 0.15) is 33.1 Å². The van der Waals surface area contributed by atoms with Crippen molar-refractivity contribution in [3.05, 3.63) is 24.3 Å². The fourth-order valence-electron chi connectivity index (χ4n) is 3.17. The first-order valence-corrected chi connectivity index (χ1v) is 10.7. The summed E-state index contributed by atoms with van der Waals surface area (Å²) in [6.45, 7) is 4.77. The fraction of sp³-hybridized carbons (Fsp3) is 0.556. The number of amides is 2. The van der Waals surface area contributed by atoms with E-state index in [0.29, 0.717) is 12.2 Å². The van der Waals surface area contributed by atoms with Gasteiger partial charge in [0.05, 0.1) is 10.8 Å². The van der Waals surface area contributed by atoms with Crippen LogP contribution in [0, 0.1) is 5.92 Å². The smallest absolute Gasteiger partial charge is 0.240 e. The van der Waals surface area contributed by atoms with Gasteiger partial charge in [0.2, 0.25) is 21.8 Å². The highest BCUT2D eigenvalue weighted by molar-refractivity contribution is 7.89. The van der Waals surface area contributed by atoms with Crippen LogP contribution in [0.2, 0.25) is 0 Å². The second-order valence-electron chi connectivity index (χ2n) is 6.79. The van der Waals surface area contributed by atoms with Gasteiger partial charge in [-0.2, -0.15) is 0 Å². The van der Waals surface area contributed by atoms with Crippen molar-refractivity contribution in [3.8, 4) is 0 Å². The standard InChI is InChI=1S/C18H28N4O4S.ClH/c1-3-5-13(2)22-12-14(10-17(22)23)18(24)21-15-6-4-7-16(11-15)27(25,26)20-9-8-19;/h4,6-7,11,13-14,20H,3,5,8-10,12,19H2,1-2H3,(H,21,24);1H. The topological polar surface area (TPSA) is 122 Å². The number of halogens is 1. The lowest BCUT2D eigenvalue weighted by atomic mass is 10.1. The van der Waals surface area contributed by atoms with Gasteiger partial charge in [-0.1, -0.05) is 19.4 Å². The molecule has 8 nitrogen and oxygen atoms in total. The van der Waals surface area contributed by atoms with Crippen LogP contribution in [-0.2, 0) is 19.6 Å². The molecule has 0 aliphatic carbocycles. The van der Waals surface area contributed by atoms with Gasteiger partial charge in [-0.3, -0.25) is 9.59 Å². The van der Waals surface area contributed by atoms with E-state index in [1.807, 2.05) is 6.92 Å². The lowest BCUT2D eigenvalue weighted by Gasteiger charge is -2.24. The number of anilines is 1. The van der Waals surface area contributed by atoms with E-state index >= 15 is 0 Å². The number of hydrogen-bond acceptors (Lipinski definition) is 5. The van der Waals surface area contributed by atoms with Gasteiger partial charge < -0.3 is 16.0 Å². The molecular formula is C18H29ClN4O4S. The third-order valence-electron chi connectivity index (χ3n) is 4.62. The van der Waals surface area contributed by atoms with Crippen LogP contribution in [0.3, 0.4) is 0 Å². The predicted octanol–water partition coefficient (Wildman–Crippen LogP) is 1.32. The van der Waals surface area contributed by atoms with E-state index in [1.165, 1.54) is 12.1 Å². The van der Waals surface area contributed by atoms with E-state index in [4.69, 9.17) is 5.73 Å². The molecule has 2 atom stereocenters. The third kappa shape index (κ3) is 6.16. The zero-order valence-corrected chi connectivity index (χ0v) is 17.8. The number of sulfonamides is 1. The summed E-state index contributed by atoms with van der Waals surface area (Å²) in [5.41, 5.74) is 5.70. The number of nitrogens with one attached hydrogen (secondary N) is 2. The monoisotopic (exact) mass is 432 g/mol. The van der Waals surface area contributed by atoms with Crippen LogP contribution in [0.25, 0.3) is 0 Å². The minimum Gasteiger partial charge on any atom is -0.339 e. The molecule has 1 aromatic rings. The summed E-state index contributed by atoms with van der Waals surface area (Å²) in [7, 11) is -3.68. The van der Waals surface area contributed by atoms with Crippen LogP contribution in [-0.4, -0.2) is 50.8 Å². The van der Waals surface area contributed by atoms with Gasteiger partial charge in [-0.15, -0.1) is 12.4 Å². The maximum atomic E-state index is 12.5. The summed E-state index contributed by atoms with van der Waals surface area (Å²) in [4.78, 5) is 26.5. The fourth-order valence-corrected chi connectivity index (χ4v) is 4.26. The second-order valence-corrected chi connectivity index (χ2v) is 8.56. The van der Waals surface area contributed by atoms with E-state index in [-0.39, 0.29) is 54.7 Å². The van der Waals surface area contributed by atoms with E-state index in [0.717, 1.165) is 12.8 Å². The number of nitrogens with two attached hydrogens (primary N) is 1. The van der Waals surface area contributed by atoms with Crippen molar-refractivity contribution < 1.29 is 18.0 Å². The van der Waals surface area contributed by atoms with Crippen LogP contribution < -0.4 is 15.8 Å². The zero-order chi connectivity index (χ0) is 20.0. The Balaban J connectivity index is 0.00000392. The lowest BCUT2D eigenvalue weighted by Crippen LogP contribution is -2.35. The first kappa shape index (κ1) is 24.4. The van der Waals surface area contributed by atoms with Crippen molar-refractivity contribution in [1.82, 2.24) is 9.62 Å². The SMILES string of the molecule is CCCC(C)N1CC(C(=O)Nc2cccc(S(=O)(=O)NCCN)c2)CC1=O.Cl. The maximum absolute atomic E-state index is 12.5. The van der Waals surface area contributed by atoms with Crippen molar-refractivity contribution in [2.45, 2.75) is 44.0 Å². The Hall–Kier alpha value is -1.68. The third-order valence-corrected chi connectivity index (χ3v) is 6.07. The van der Waals surface area contributed by atoms with Crippen molar-refractivity contribution in [2.24, 2.45) is 11.7 Å². The summed E-state index contributed by atoms with van der Waals surface area (Å²) in [6, 6.07) is 6.13. The molecule has 0 aromatic heterocycles. The quantitative estimate of drug-likeness (QED) is 0.543. The van der Waals surface area contributed by atoms with Crippen molar-refractivity contribution in [2.75, 3.05) is 25.0 Å². The summed E-state index contributed by atoms with van der Waals surface area (Å²) in [5, 5.41) is 2.73. The zero-order valence-electron chi connectivity index (χ0n) is 16.2. The molecule has 1 aromatic carbocycles. The van der Waals surface area contributed by atoms with E-state index in [1.54, 1.807) is 17.0 Å². The highest BCUT2D eigenvalue weighted by atomic mass is 35.5. The summed E-state index contributed by atoms with van der Waals surface area (Å²) in [5.74, 6) is -0.732. The van der Waals surface area contributed by atoms with Crippen LogP contribution in [0.15, 0.2) is 29.2 Å². The highest BCUT2D eigenvalue weighted by Gasteiger charge is 2.36. The number of rotatable bonds is 9. The van der Waals surface area contributed by atoms with Gasteiger partial charge in [-0.05, 0) is 31.5 Å². The van der Waals surface area contributed by atoms with Crippen LogP contribution >= 0.6 is 12.4 Å². The van der Waals surface area contributed by atoms with E-state index < -0.39 is 15.9 Å². The van der Waals surface area contributed by atoms with Gasteiger partial charge in [0.15, 0.2) is 0 Å². The van der Waals surface area contributed by atoms with Crippen molar-refractivity contribution in [3.63, 3.8) is 0 Å². The van der Waals surface area contributed by atoms with Crippen LogP contribution in [0.4, 0.5) is 5.69 Å². The minimum absolute atomic E-state index is 0. The summed E-state index contributed by atoms with van der Waals surface area (Å²) < 4.78 is 26.7. The molecule has 4 N–H and O–H groups in total. The molecule has 0 spiro atoms. The van der Waals surface area contributed by atoms with Gasteiger partial charge in [0.25, 0.3) is 0 Å². The molecule has 1 fully saturated rings. The molecule has 1 saturated heterocycles. The normalized spacial score (nSPS) is 17.9. The molecule has 10 heteroatoms. The Kier molecular flexibility index (Phi) is 9.35. The Morgan fingerprint density at radius 2 is 2.11 bits per heavy atom. The molecule has 1 aliphatic heterocycles. The number of benzene rings is 1. The molecule has 1 heterocycles. The molecule has 158 valence electrons. The van der Waals surface area contributed by atoms with Crippen molar-refractivity contribution >= 4 is 39.9 Å². The van der Waals surface area contributed by atoms with E-state index in [2.05, 4.69) is 17.0 Å². The molecule has 1 aliphatic rings. The molecule has 0 saturated carbocycles. The first-order chi connectivity index (χ1) is 12.8. The molecule has 0 bridgehead atoms. The minimum atomic E-state index is -3.68. The molecule has 2 amide bonds. The van der Waals surface area contributed by atoms with Gasteiger partial charge in [-0.25, -0.2) is 13.1 Å². The predicted molar refractivity (Wildman–Crippen MR) is 111 cm³/mol. The molecule has 0 radical (unpaired) electrons. The van der Waals surface area contributed by atoms with E-state index in [9.17, 15) is 18.0 Å². The molecule has 2 unspecified atom stereocenters. The average Bonchev–Trinajstić information content (AvgIpc) is 3.02. The van der Waals surface area contributed by atoms with Crippen molar-refractivity contribution in [1.29, 1.82) is 0 Å². The first-order valence-electron chi connectivity index (χ1n) is 9.18. The van der Waals surface area contributed by atoms with Gasteiger partial charge in [0, 0.05) is 37.8 Å². The average molecular weight is 433 g/mol. The Bertz CT molecular complexity index is 788. The Morgan fingerprint density at radius 3 is 2.75 bits per heavy atom. The Labute approximate surface area is 172 Å². The molecule has 28 heavy (non-hydrogen) atoms. The number of nitrogens with zero attached hydrogens (tertiary/aromatic N) is 1. The summed E-state index contributed by atoms with van der Waals surface area (Å²) >= 11 is 0. The highest BCUT2D eigenvalue weighted by Crippen LogP contribution is 2.24.